The van der Waals surface area contributed by atoms with E-state index < -0.39 is 5.97 Å². The number of ether oxygens (including phenoxy) is 1. The molecule has 0 aliphatic carbocycles. The number of carbonyl (C=O) groups is 1. The maximum absolute atomic E-state index is 11.0. The summed E-state index contributed by atoms with van der Waals surface area (Å²) in [5, 5.41) is 12.8. The number of hydrogen-bond acceptors (Lipinski definition) is 5. The van der Waals surface area contributed by atoms with Crippen LogP contribution >= 0.6 is 15.9 Å². The SMILES string of the molecule is CCCc1nc(COc2ccc(Br)c(C(=O)O)c2)no1. The predicted octanol–water partition coefficient (Wildman–Crippen LogP) is 3.06. The van der Waals surface area contributed by atoms with Gasteiger partial charge in [0, 0.05) is 10.9 Å². The van der Waals surface area contributed by atoms with E-state index in [1.807, 2.05) is 6.92 Å². The summed E-state index contributed by atoms with van der Waals surface area (Å²) in [6, 6.07) is 4.74. The highest BCUT2D eigenvalue weighted by molar-refractivity contribution is 9.10. The summed E-state index contributed by atoms with van der Waals surface area (Å²) in [5.74, 6) is 0.431. The maximum atomic E-state index is 11.0. The summed E-state index contributed by atoms with van der Waals surface area (Å²) >= 11 is 3.17. The molecule has 2 rings (SSSR count). The Morgan fingerprint density at radius 1 is 1.50 bits per heavy atom. The van der Waals surface area contributed by atoms with Crippen LogP contribution in [0.3, 0.4) is 0 Å². The van der Waals surface area contributed by atoms with Crippen molar-refractivity contribution in [1.82, 2.24) is 10.1 Å². The van der Waals surface area contributed by atoms with Crippen molar-refractivity contribution in [3.8, 4) is 5.75 Å². The molecule has 0 amide bonds. The third-order valence-electron chi connectivity index (χ3n) is 2.51. The van der Waals surface area contributed by atoms with Crippen LogP contribution < -0.4 is 4.74 Å². The molecule has 1 aromatic heterocycles. The van der Waals surface area contributed by atoms with Crippen LogP contribution in [-0.4, -0.2) is 21.2 Å². The molecule has 1 heterocycles. The van der Waals surface area contributed by atoms with Gasteiger partial charge in [0.25, 0.3) is 0 Å². The molecule has 0 bridgehead atoms. The zero-order valence-corrected chi connectivity index (χ0v) is 12.4. The first kappa shape index (κ1) is 14.5. The average molecular weight is 341 g/mol. The van der Waals surface area contributed by atoms with Crippen molar-refractivity contribution >= 4 is 21.9 Å². The van der Waals surface area contributed by atoms with Crippen LogP contribution in [0.4, 0.5) is 0 Å². The van der Waals surface area contributed by atoms with Crippen LogP contribution in [0.2, 0.25) is 0 Å². The van der Waals surface area contributed by atoms with Gasteiger partial charge in [-0.1, -0.05) is 12.1 Å². The number of aryl methyl sites for hydroxylation is 1. The highest BCUT2D eigenvalue weighted by Crippen LogP contribution is 2.23. The molecule has 2 aromatic rings. The quantitative estimate of drug-likeness (QED) is 0.869. The molecule has 0 unspecified atom stereocenters. The van der Waals surface area contributed by atoms with Gasteiger partial charge in [0.05, 0.1) is 5.56 Å². The highest BCUT2D eigenvalue weighted by Gasteiger charge is 2.11. The van der Waals surface area contributed by atoms with E-state index in [0.717, 1.165) is 12.8 Å². The van der Waals surface area contributed by atoms with Crippen LogP contribution in [0, 0.1) is 0 Å². The fourth-order valence-electron chi connectivity index (χ4n) is 1.57. The van der Waals surface area contributed by atoms with Crippen molar-refractivity contribution in [1.29, 1.82) is 0 Å². The van der Waals surface area contributed by atoms with Gasteiger partial charge in [-0.05, 0) is 40.5 Å². The predicted molar refractivity (Wildman–Crippen MR) is 73.7 cm³/mol. The molecule has 0 spiro atoms. The van der Waals surface area contributed by atoms with Gasteiger partial charge in [-0.3, -0.25) is 0 Å². The molecule has 1 N–H and O–H groups in total. The van der Waals surface area contributed by atoms with E-state index >= 15 is 0 Å². The van der Waals surface area contributed by atoms with Crippen molar-refractivity contribution in [3.63, 3.8) is 0 Å². The Morgan fingerprint density at radius 2 is 2.30 bits per heavy atom. The Labute approximate surface area is 123 Å². The Morgan fingerprint density at radius 3 is 3.00 bits per heavy atom. The molecular weight excluding hydrogens is 328 g/mol. The van der Waals surface area contributed by atoms with E-state index in [9.17, 15) is 4.79 Å². The van der Waals surface area contributed by atoms with Crippen LogP contribution in [0.1, 0.15) is 35.4 Å². The van der Waals surface area contributed by atoms with E-state index in [4.69, 9.17) is 14.4 Å². The topological polar surface area (TPSA) is 85.5 Å². The smallest absolute Gasteiger partial charge is 0.336 e. The van der Waals surface area contributed by atoms with E-state index in [-0.39, 0.29) is 12.2 Å². The molecule has 0 radical (unpaired) electrons. The molecule has 20 heavy (non-hydrogen) atoms. The largest absolute Gasteiger partial charge is 0.485 e. The Balaban J connectivity index is 2.03. The Hall–Kier alpha value is -1.89. The van der Waals surface area contributed by atoms with Crippen molar-refractivity contribution < 1.29 is 19.2 Å². The van der Waals surface area contributed by atoms with Gasteiger partial charge in [0.15, 0.2) is 6.61 Å². The number of aromatic nitrogens is 2. The summed E-state index contributed by atoms with van der Waals surface area (Å²) in [6.07, 6.45) is 1.66. The van der Waals surface area contributed by atoms with E-state index in [1.54, 1.807) is 12.1 Å². The zero-order chi connectivity index (χ0) is 14.5. The van der Waals surface area contributed by atoms with Crippen LogP contribution in [0.5, 0.6) is 5.75 Å². The summed E-state index contributed by atoms with van der Waals surface area (Å²) < 4.78 is 11.0. The molecule has 1 aromatic carbocycles. The van der Waals surface area contributed by atoms with Crippen molar-refractivity contribution in [2.45, 2.75) is 26.4 Å². The Kier molecular flexibility index (Phi) is 4.73. The molecule has 106 valence electrons. The first-order valence-corrected chi connectivity index (χ1v) is 6.86. The first-order chi connectivity index (χ1) is 9.60. The lowest BCUT2D eigenvalue weighted by Crippen LogP contribution is -2.01. The highest BCUT2D eigenvalue weighted by atomic mass is 79.9. The number of nitrogens with zero attached hydrogens (tertiary/aromatic N) is 2. The van der Waals surface area contributed by atoms with Crippen molar-refractivity contribution in [2.75, 3.05) is 0 Å². The molecule has 0 aliphatic rings. The number of hydrogen-bond donors (Lipinski definition) is 1. The lowest BCUT2D eigenvalue weighted by molar-refractivity contribution is 0.0695. The fraction of sp³-hybridized carbons (Fsp3) is 0.308. The number of halogens is 1. The third-order valence-corrected chi connectivity index (χ3v) is 3.20. The fourth-order valence-corrected chi connectivity index (χ4v) is 1.99. The minimum atomic E-state index is -1.02. The minimum Gasteiger partial charge on any atom is -0.485 e. The van der Waals surface area contributed by atoms with E-state index in [1.165, 1.54) is 6.07 Å². The number of aromatic carboxylic acids is 1. The van der Waals surface area contributed by atoms with Crippen molar-refractivity contribution in [2.24, 2.45) is 0 Å². The summed E-state index contributed by atoms with van der Waals surface area (Å²) in [7, 11) is 0. The van der Waals surface area contributed by atoms with Crippen molar-refractivity contribution in [3.05, 3.63) is 40.0 Å². The average Bonchev–Trinajstić information content (AvgIpc) is 2.86. The molecule has 0 atom stereocenters. The first-order valence-electron chi connectivity index (χ1n) is 6.07. The molecule has 0 fully saturated rings. The van der Waals surface area contributed by atoms with Gasteiger partial charge >= 0.3 is 5.97 Å². The maximum Gasteiger partial charge on any atom is 0.336 e. The molecular formula is C13H13BrN2O4. The number of rotatable bonds is 6. The lowest BCUT2D eigenvalue weighted by Gasteiger charge is -2.05. The molecule has 7 heteroatoms. The van der Waals surface area contributed by atoms with Crippen LogP contribution in [0.25, 0.3) is 0 Å². The second-order valence-corrected chi connectivity index (χ2v) is 4.94. The lowest BCUT2D eigenvalue weighted by atomic mass is 10.2. The molecule has 0 saturated heterocycles. The van der Waals surface area contributed by atoms with Gasteiger partial charge in [0.1, 0.15) is 5.75 Å². The van der Waals surface area contributed by atoms with Crippen LogP contribution in [0.15, 0.2) is 27.2 Å². The number of benzene rings is 1. The summed E-state index contributed by atoms with van der Waals surface area (Å²) in [4.78, 5) is 15.2. The van der Waals surface area contributed by atoms with Gasteiger partial charge < -0.3 is 14.4 Å². The standard InChI is InChI=1S/C13H13BrN2O4/c1-2-3-12-15-11(16-20-12)7-19-8-4-5-10(14)9(6-8)13(17)18/h4-6H,2-3,7H2,1H3,(H,17,18). The number of carboxylic acids is 1. The molecule has 6 nitrogen and oxygen atoms in total. The second kappa shape index (κ2) is 6.51. The monoisotopic (exact) mass is 340 g/mol. The van der Waals surface area contributed by atoms with E-state index in [2.05, 4.69) is 26.1 Å². The van der Waals surface area contributed by atoms with Gasteiger partial charge in [0.2, 0.25) is 11.7 Å². The zero-order valence-electron chi connectivity index (χ0n) is 10.8. The second-order valence-electron chi connectivity index (χ2n) is 4.09. The van der Waals surface area contributed by atoms with Gasteiger partial charge in [-0.15, -0.1) is 0 Å². The third kappa shape index (κ3) is 3.57. The Bertz CT molecular complexity index is 612. The summed E-state index contributed by atoms with van der Waals surface area (Å²) in [5.41, 5.74) is 0.141. The van der Waals surface area contributed by atoms with E-state index in [0.29, 0.717) is 21.9 Å². The van der Waals surface area contributed by atoms with Gasteiger partial charge in [-0.2, -0.15) is 4.98 Å². The molecule has 0 saturated carbocycles. The summed E-state index contributed by atoms with van der Waals surface area (Å²) in [6.45, 7) is 2.16. The number of carboxylic acid groups (broad SMARTS) is 1. The normalized spacial score (nSPS) is 10.5. The van der Waals surface area contributed by atoms with Gasteiger partial charge in [-0.25, -0.2) is 4.79 Å². The van der Waals surface area contributed by atoms with Crippen LogP contribution in [-0.2, 0) is 13.0 Å². The minimum absolute atomic E-state index is 0.133. The molecule has 0 aliphatic heterocycles.